The molecule has 0 saturated heterocycles. The van der Waals surface area contributed by atoms with Gasteiger partial charge in [0.2, 0.25) is 5.88 Å². The topological polar surface area (TPSA) is 47.0 Å². The van der Waals surface area contributed by atoms with Gasteiger partial charge in [0.15, 0.2) is 0 Å². The largest absolute Gasteiger partial charge is 0.481 e. The Morgan fingerprint density at radius 3 is 2.88 bits per heavy atom. The van der Waals surface area contributed by atoms with Crippen molar-refractivity contribution in [3.8, 4) is 5.88 Å². The first-order valence-electron chi connectivity index (χ1n) is 5.42. The first-order valence-corrected chi connectivity index (χ1v) is 5.86. The third-order valence-electron chi connectivity index (χ3n) is 2.32. The fourth-order valence-corrected chi connectivity index (χ4v) is 1.74. The summed E-state index contributed by atoms with van der Waals surface area (Å²) in [4.78, 5) is 8.17. The monoisotopic (exact) mass is 243 g/mol. The van der Waals surface area contributed by atoms with Crippen LogP contribution in [0.2, 0.25) is 0 Å². The van der Waals surface area contributed by atoms with E-state index >= 15 is 0 Å². The van der Waals surface area contributed by atoms with E-state index in [1.165, 1.54) is 6.33 Å². The van der Waals surface area contributed by atoms with Crippen LogP contribution in [0.1, 0.15) is 25.3 Å². The number of hydrogen-bond acceptors (Lipinski definition) is 4. The molecule has 1 atom stereocenters. The number of methoxy groups -OCH3 is 1. The zero-order valence-corrected chi connectivity index (χ0v) is 10.7. The van der Waals surface area contributed by atoms with E-state index in [0.29, 0.717) is 12.4 Å². The average Bonchev–Trinajstić information content (AvgIpc) is 2.28. The van der Waals surface area contributed by atoms with Crippen molar-refractivity contribution < 1.29 is 4.74 Å². The summed E-state index contributed by atoms with van der Waals surface area (Å²) in [5, 5.41) is 3.34. The number of anilines is 1. The van der Waals surface area contributed by atoms with Gasteiger partial charge in [-0.15, -0.1) is 11.6 Å². The lowest BCUT2D eigenvalue weighted by molar-refractivity contribution is 0.393. The van der Waals surface area contributed by atoms with Crippen LogP contribution in [0.4, 0.5) is 5.82 Å². The molecule has 0 aromatic carbocycles. The third kappa shape index (κ3) is 3.52. The van der Waals surface area contributed by atoms with Gasteiger partial charge < -0.3 is 10.1 Å². The maximum absolute atomic E-state index is 6.12. The maximum Gasteiger partial charge on any atom is 0.221 e. The van der Waals surface area contributed by atoms with Gasteiger partial charge in [-0.2, -0.15) is 0 Å². The number of nitrogens with zero attached hydrogens (tertiary/aromatic N) is 2. The number of alkyl halides is 1. The lowest BCUT2D eigenvalue weighted by Crippen LogP contribution is -2.15. The molecule has 1 N–H and O–H groups in total. The number of hydrogen-bond donors (Lipinski definition) is 1. The summed E-state index contributed by atoms with van der Waals surface area (Å²) in [5.41, 5.74) is 0.908. The maximum atomic E-state index is 6.12. The fraction of sp³-hybridized carbons (Fsp3) is 0.636. The second kappa shape index (κ2) is 6.53. The smallest absolute Gasteiger partial charge is 0.221 e. The molecule has 0 aliphatic rings. The molecule has 16 heavy (non-hydrogen) atoms. The summed E-state index contributed by atoms with van der Waals surface area (Å²) in [6.07, 6.45) is 3.56. The lowest BCUT2D eigenvalue weighted by atomic mass is 10.2. The molecule has 5 heteroatoms. The van der Waals surface area contributed by atoms with E-state index in [2.05, 4.69) is 22.2 Å². The minimum Gasteiger partial charge on any atom is -0.481 e. The van der Waals surface area contributed by atoms with E-state index < -0.39 is 0 Å². The third-order valence-corrected chi connectivity index (χ3v) is 2.70. The Morgan fingerprint density at radius 2 is 2.25 bits per heavy atom. The molecule has 0 radical (unpaired) electrons. The number of rotatable bonds is 6. The Balaban J connectivity index is 2.60. The van der Waals surface area contributed by atoms with E-state index in [4.69, 9.17) is 16.3 Å². The van der Waals surface area contributed by atoms with Crippen molar-refractivity contribution in [3.05, 3.63) is 11.9 Å². The molecular weight excluding hydrogens is 226 g/mol. The Bertz CT molecular complexity index is 333. The lowest BCUT2D eigenvalue weighted by Gasteiger charge is -2.12. The van der Waals surface area contributed by atoms with Crippen LogP contribution in [0.25, 0.3) is 0 Å². The normalized spacial score (nSPS) is 12.2. The van der Waals surface area contributed by atoms with Crippen LogP contribution in [0, 0.1) is 6.92 Å². The first-order chi connectivity index (χ1) is 7.69. The zero-order chi connectivity index (χ0) is 12.0. The highest BCUT2D eigenvalue weighted by Gasteiger charge is 2.08. The van der Waals surface area contributed by atoms with Gasteiger partial charge in [0.05, 0.1) is 18.1 Å². The number of aromatic nitrogens is 2. The van der Waals surface area contributed by atoms with Crippen LogP contribution in [-0.2, 0) is 0 Å². The molecular formula is C11H18ClN3O. The highest BCUT2D eigenvalue weighted by atomic mass is 35.5. The fourth-order valence-electron chi connectivity index (χ4n) is 1.44. The minimum atomic E-state index is 0.130. The molecule has 0 saturated carbocycles. The van der Waals surface area contributed by atoms with Crippen LogP contribution in [-0.4, -0.2) is 29.0 Å². The molecule has 0 aliphatic heterocycles. The van der Waals surface area contributed by atoms with Gasteiger partial charge in [-0.05, 0) is 13.3 Å². The van der Waals surface area contributed by atoms with Crippen molar-refractivity contribution >= 4 is 17.4 Å². The van der Waals surface area contributed by atoms with Gasteiger partial charge in [0.25, 0.3) is 0 Å². The predicted molar refractivity (Wildman–Crippen MR) is 66.4 cm³/mol. The molecule has 1 unspecified atom stereocenters. The molecule has 0 fully saturated rings. The standard InChI is InChI=1S/C11H18ClN3O/c1-4-5-9(12)6-13-10-8(2)11(16-3)15-7-14-10/h7,9H,4-6H2,1-3H3,(H,13,14,15). The first kappa shape index (κ1) is 13.0. The molecule has 0 spiro atoms. The summed E-state index contributed by atoms with van der Waals surface area (Å²) in [7, 11) is 1.60. The Labute approximate surface area is 101 Å². The van der Waals surface area contributed by atoms with Crippen molar-refractivity contribution in [3.63, 3.8) is 0 Å². The Kier molecular flexibility index (Phi) is 5.32. The second-order valence-corrected chi connectivity index (χ2v) is 4.24. The van der Waals surface area contributed by atoms with Gasteiger partial charge in [0, 0.05) is 6.54 Å². The van der Waals surface area contributed by atoms with Gasteiger partial charge in [-0.3, -0.25) is 0 Å². The SMILES string of the molecule is CCCC(Cl)CNc1ncnc(OC)c1C. The summed E-state index contributed by atoms with van der Waals surface area (Å²) in [6, 6.07) is 0. The molecule has 1 aromatic rings. The molecule has 1 aromatic heterocycles. The number of ether oxygens (including phenoxy) is 1. The van der Waals surface area contributed by atoms with Crippen LogP contribution >= 0.6 is 11.6 Å². The zero-order valence-electron chi connectivity index (χ0n) is 9.96. The molecule has 90 valence electrons. The molecule has 1 rings (SSSR count). The van der Waals surface area contributed by atoms with Gasteiger partial charge >= 0.3 is 0 Å². The number of nitrogens with one attached hydrogen (secondary N) is 1. The quantitative estimate of drug-likeness (QED) is 0.781. The van der Waals surface area contributed by atoms with Crippen LogP contribution in [0.3, 0.4) is 0 Å². The molecule has 1 heterocycles. The molecule has 0 aliphatic carbocycles. The van der Waals surface area contributed by atoms with Crippen molar-refractivity contribution in [2.75, 3.05) is 19.0 Å². The van der Waals surface area contributed by atoms with Crippen molar-refractivity contribution in [1.82, 2.24) is 9.97 Å². The highest BCUT2D eigenvalue weighted by molar-refractivity contribution is 6.20. The van der Waals surface area contributed by atoms with Crippen molar-refractivity contribution in [2.45, 2.75) is 32.1 Å². The minimum absolute atomic E-state index is 0.130. The van der Waals surface area contributed by atoms with Gasteiger partial charge in [-0.25, -0.2) is 9.97 Å². The van der Waals surface area contributed by atoms with Crippen LogP contribution in [0.15, 0.2) is 6.33 Å². The molecule has 0 amide bonds. The van der Waals surface area contributed by atoms with Crippen molar-refractivity contribution in [1.29, 1.82) is 0 Å². The second-order valence-electron chi connectivity index (χ2n) is 3.62. The number of halogens is 1. The molecule has 4 nitrogen and oxygen atoms in total. The van der Waals surface area contributed by atoms with Crippen LogP contribution < -0.4 is 10.1 Å². The van der Waals surface area contributed by atoms with Crippen LogP contribution in [0.5, 0.6) is 5.88 Å². The summed E-state index contributed by atoms with van der Waals surface area (Å²) in [5.74, 6) is 1.38. The van der Waals surface area contributed by atoms with Crippen molar-refractivity contribution in [2.24, 2.45) is 0 Å². The summed E-state index contributed by atoms with van der Waals surface area (Å²) < 4.78 is 5.12. The predicted octanol–water partition coefficient (Wildman–Crippen LogP) is 2.61. The average molecular weight is 244 g/mol. The summed E-state index contributed by atoms with van der Waals surface area (Å²) in [6.45, 7) is 4.75. The van der Waals surface area contributed by atoms with Gasteiger partial charge in [0.1, 0.15) is 12.1 Å². The Hall–Kier alpha value is -1.03. The van der Waals surface area contributed by atoms with Gasteiger partial charge in [-0.1, -0.05) is 13.3 Å². The van der Waals surface area contributed by atoms with E-state index in [-0.39, 0.29) is 5.38 Å². The van der Waals surface area contributed by atoms with E-state index in [9.17, 15) is 0 Å². The molecule has 0 bridgehead atoms. The van der Waals surface area contributed by atoms with E-state index in [0.717, 1.165) is 24.2 Å². The van der Waals surface area contributed by atoms with E-state index in [1.807, 2.05) is 6.92 Å². The highest BCUT2D eigenvalue weighted by Crippen LogP contribution is 2.20. The Morgan fingerprint density at radius 1 is 1.50 bits per heavy atom. The summed E-state index contributed by atoms with van der Waals surface area (Å²) >= 11 is 6.12. The van der Waals surface area contributed by atoms with E-state index in [1.54, 1.807) is 7.11 Å².